The SMILES string of the molecule is CC[C@]1(C)CCC(Cl)/C=N\C(C(C(=O)NC2CN(C)CCC2OC2CCCNC2)C(N)N)C1. The molecule has 33 heavy (non-hydrogen) atoms. The molecule has 7 atom stereocenters. The van der Waals surface area contributed by atoms with Crippen molar-refractivity contribution >= 4 is 23.7 Å². The average Bonchev–Trinajstić information content (AvgIpc) is 2.77. The van der Waals surface area contributed by atoms with Crippen LogP contribution in [0, 0.1) is 11.3 Å². The summed E-state index contributed by atoms with van der Waals surface area (Å²) >= 11 is 6.45. The number of halogens is 1. The number of carbonyl (C=O) groups is 1. The minimum atomic E-state index is -0.801. The van der Waals surface area contributed by atoms with Crippen molar-refractivity contribution in [1.29, 1.82) is 0 Å². The Hall–Kier alpha value is -0.770. The highest BCUT2D eigenvalue weighted by molar-refractivity contribution is 6.28. The van der Waals surface area contributed by atoms with Crippen molar-refractivity contribution in [2.45, 2.75) is 94.6 Å². The molecule has 190 valence electrons. The maximum atomic E-state index is 13.6. The van der Waals surface area contributed by atoms with Gasteiger partial charge >= 0.3 is 0 Å². The number of nitrogens with two attached hydrogens (primary N) is 2. The lowest BCUT2D eigenvalue weighted by atomic mass is 9.73. The fourth-order valence-corrected chi connectivity index (χ4v) is 5.60. The summed E-state index contributed by atoms with van der Waals surface area (Å²) in [7, 11) is 2.08. The summed E-state index contributed by atoms with van der Waals surface area (Å²) in [6, 6.07) is -0.393. The van der Waals surface area contributed by atoms with E-state index in [1.807, 2.05) is 0 Å². The molecule has 0 aromatic heterocycles. The monoisotopic (exact) mass is 484 g/mol. The second kappa shape index (κ2) is 12.3. The Morgan fingerprint density at radius 2 is 2.18 bits per heavy atom. The first kappa shape index (κ1) is 26.8. The highest BCUT2D eigenvalue weighted by atomic mass is 35.5. The fourth-order valence-electron chi connectivity index (χ4n) is 5.43. The van der Waals surface area contributed by atoms with Gasteiger partial charge in [0.1, 0.15) is 0 Å². The third kappa shape index (κ3) is 7.61. The van der Waals surface area contributed by atoms with Crippen LogP contribution in [-0.2, 0) is 9.53 Å². The van der Waals surface area contributed by atoms with E-state index >= 15 is 0 Å². The molecule has 0 aliphatic carbocycles. The second-order valence-electron chi connectivity index (χ2n) is 10.7. The predicted octanol–water partition coefficient (Wildman–Crippen LogP) is 1.45. The first-order valence-electron chi connectivity index (χ1n) is 12.7. The molecule has 3 aliphatic heterocycles. The molecule has 0 aromatic rings. The summed E-state index contributed by atoms with van der Waals surface area (Å²) < 4.78 is 6.47. The smallest absolute Gasteiger partial charge is 0.228 e. The normalized spacial score (nSPS) is 38.3. The molecule has 2 fully saturated rings. The lowest BCUT2D eigenvalue weighted by molar-refractivity contribution is -0.131. The number of carbonyl (C=O) groups excluding carboxylic acids is 1. The van der Waals surface area contributed by atoms with Crippen LogP contribution in [0.1, 0.15) is 58.8 Å². The van der Waals surface area contributed by atoms with E-state index in [1.165, 1.54) is 0 Å². The van der Waals surface area contributed by atoms with E-state index in [9.17, 15) is 4.79 Å². The summed E-state index contributed by atoms with van der Waals surface area (Å²) in [5.74, 6) is -0.744. The molecular formula is C24H45ClN6O2. The van der Waals surface area contributed by atoms with Gasteiger partial charge < -0.3 is 31.7 Å². The minimum Gasteiger partial charge on any atom is -0.371 e. The molecule has 3 heterocycles. The van der Waals surface area contributed by atoms with Crippen LogP contribution < -0.4 is 22.1 Å². The first-order chi connectivity index (χ1) is 15.7. The molecule has 0 spiro atoms. The average molecular weight is 485 g/mol. The molecular weight excluding hydrogens is 440 g/mol. The molecule has 0 radical (unpaired) electrons. The summed E-state index contributed by atoms with van der Waals surface area (Å²) in [6.45, 7) is 8.05. The van der Waals surface area contributed by atoms with Crippen LogP contribution in [0.4, 0.5) is 0 Å². The number of likely N-dealkylation sites (N-methyl/N-ethyl adjacent to an activating group) is 1. The van der Waals surface area contributed by atoms with Crippen LogP contribution in [0.25, 0.3) is 0 Å². The van der Waals surface area contributed by atoms with E-state index in [-0.39, 0.29) is 41.0 Å². The number of amides is 1. The van der Waals surface area contributed by atoms with Crippen molar-refractivity contribution in [2.24, 2.45) is 27.8 Å². The highest BCUT2D eigenvalue weighted by Crippen LogP contribution is 2.38. The second-order valence-corrected chi connectivity index (χ2v) is 11.3. The molecule has 2 saturated heterocycles. The van der Waals surface area contributed by atoms with Gasteiger partial charge in [-0.25, -0.2) is 0 Å². The quantitative estimate of drug-likeness (QED) is 0.321. The number of hydrogen-bond donors (Lipinski definition) is 4. The number of nitrogens with one attached hydrogen (secondary N) is 2. The van der Waals surface area contributed by atoms with Crippen LogP contribution in [0.5, 0.6) is 0 Å². The minimum absolute atomic E-state index is 0.0151. The van der Waals surface area contributed by atoms with Crippen LogP contribution in [0.2, 0.25) is 0 Å². The molecule has 6 unspecified atom stereocenters. The van der Waals surface area contributed by atoms with Crippen molar-refractivity contribution in [3.05, 3.63) is 0 Å². The maximum absolute atomic E-state index is 13.6. The number of hydrogen-bond acceptors (Lipinski definition) is 7. The van der Waals surface area contributed by atoms with Crippen molar-refractivity contribution < 1.29 is 9.53 Å². The van der Waals surface area contributed by atoms with Gasteiger partial charge in [-0.05, 0) is 57.5 Å². The molecule has 0 aromatic carbocycles. The van der Waals surface area contributed by atoms with E-state index in [0.29, 0.717) is 0 Å². The lowest BCUT2D eigenvalue weighted by Gasteiger charge is -2.41. The number of likely N-dealkylation sites (tertiary alicyclic amines) is 1. The van der Waals surface area contributed by atoms with E-state index in [2.05, 4.69) is 36.4 Å². The Balaban J connectivity index is 1.74. The number of rotatable bonds is 7. The van der Waals surface area contributed by atoms with Crippen LogP contribution in [0.15, 0.2) is 4.99 Å². The van der Waals surface area contributed by atoms with Crippen molar-refractivity contribution in [2.75, 3.05) is 33.2 Å². The molecule has 1 amide bonds. The molecule has 6 N–H and O–H groups in total. The predicted molar refractivity (Wildman–Crippen MR) is 135 cm³/mol. The van der Waals surface area contributed by atoms with Crippen LogP contribution in [-0.4, -0.2) is 86.1 Å². The number of nitrogens with zero attached hydrogens (tertiary/aromatic N) is 2. The van der Waals surface area contributed by atoms with Gasteiger partial charge in [-0.1, -0.05) is 20.3 Å². The van der Waals surface area contributed by atoms with Crippen molar-refractivity contribution in [1.82, 2.24) is 15.5 Å². The maximum Gasteiger partial charge on any atom is 0.228 e. The Morgan fingerprint density at radius 3 is 2.85 bits per heavy atom. The molecule has 0 bridgehead atoms. The Morgan fingerprint density at radius 1 is 1.39 bits per heavy atom. The molecule has 8 nitrogen and oxygen atoms in total. The number of ether oxygens (including phenoxy) is 1. The zero-order valence-corrected chi connectivity index (χ0v) is 21.4. The van der Waals surface area contributed by atoms with Crippen LogP contribution in [0.3, 0.4) is 0 Å². The zero-order valence-electron chi connectivity index (χ0n) is 20.6. The van der Waals surface area contributed by atoms with Gasteiger partial charge in [-0.15, -0.1) is 11.6 Å². The summed E-state index contributed by atoms with van der Waals surface area (Å²) in [4.78, 5) is 20.6. The zero-order chi connectivity index (χ0) is 24.0. The highest BCUT2D eigenvalue weighted by Gasteiger charge is 2.40. The van der Waals surface area contributed by atoms with E-state index in [1.54, 1.807) is 6.21 Å². The summed E-state index contributed by atoms with van der Waals surface area (Å²) in [5, 5.41) is 6.54. The van der Waals surface area contributed by atoms with E-state index in [4.69, 9.17) is 32.8 Å². The van der Waals surface area contributed by atoms with Crippen LogP contribution >= 0.6 is 11.6 Å². The van der Waals surface area contributed by atoms with Crippen molar-refractivity contribution in [3.63, 3.8) is 0 Å². The topological polar surface area (TPSA) is 118 Å². The van der Waals surface area contributed by atoms with Gasteiger partial charge in [0.15, 0.2) is 0 Å². The van der Waals surface area contributed by atoms with Crippen molar-refractivity contribution in [3.8, 4) is 0 Å². The Bertz CT molecular complexity index is 659. The third-order valence-corrected chi connectivity index (χ3v) is 8.18. The molecule has 9 heteroatoms. The summed E-state index contributed by atoms with van der Waals surface area (Å²) in [6.07, 6.45) is 7.87. The van der Waals surface area contributed by atoms with Gasteiger partial charge in [0.05, 0.1) is 41.8 Å². The molecule has 0 saturated carbocycles. The van der Waals surface area contributed by atoms with E-state index in [0.717, 1.165) is 71.1 Å². The molecule has 3 aliphatic rings. The van der Waals surface area contributed by atoms with Gasteiger partial charge in [0.2, 0.25) is 5.91 Å². The Labute approximate surface area is 204 Å². The van der Waals surface area contributed by atoms with Gasteiger partial charge in [0, 0.05) is 25.8 Å². The Kier molecular flexibility index (Phi) is 9.97. The van der Waals surface area contributed by atoms with Gasteiger partial charge in [-0.3, -0.25) is 9.79 Å². The fraction of sp³-hybridized carbons (Fsp3) is 0.917. The molecule has 3 rings (SSSR count). The summed E-state index contributed by atoms with van der Waals surface area (Å²) in [5.41, 5.74) is 12.4. The van der Waals surface area contributed by atoms with Gasteiger partial charge in [-0.2, -0.15) is 0 Å². The number of aliphatic imine (C=N–C) groups is 1. The van der Waals surface area contributed by atoms with E-state index < -0.39 is 12.1 Å². The van der Waals surface area contributed by atoms with Gasteiger partial charge in [0.25, 0.3) is 0 Å². The third-order valence-electron chi connectivity index (χ3n) is 7.85. The largest absolute Gasteiger partial charge is 0.371 e. The number of piperidine rings is 2. The standard InChI is InChI=1S/C24H45ClN6O2/c1-4-24(2)9-7-16(25)13-29-18(12-24)21(22(26)27)23(32)30-19-15-31(3)11-8-20(19)33-17-6-5-10-28-14-17/h13,16-22,28H,4-12,14-15,26-27H2,1-3H3,(H,30,32)/b29-13-/t16?,17?,18?,19?,20?,21?,24-/m1/s1. The first-order valence-corrected chi connectivity index (χ1v) is 13.2. The lowest BCUT2D eigenvalue weighted by Crippen LogP contribution is -2.60. The number of alkyl halides is 1.